The van der Waals surface area contributed by atoms with Gasteiger partial charge in [0.15, 0.2) is 0 Å². The molecule has 0 saturated heterocycles. The second kappa shape index (κ2) is 13.9. The smallest absolute Gasteiger partial charge is 0.143 e. The Morgan fingerprint density at radius 3 is 1.49 bits per heavy atom. The average Bonchev–Trinajstić information content (AvgIpc) is 3.79. The first-order chi connectivity index (χ1) is 29.0. The second-order valence-electron chi connectivity index (χ2n) is 16.1. The molecule has 1 heterocycles. The molecule has 59 heavy (non-hydrogen) atoms. The number of nitrogens with zero attached hydrogens (tertiary/aromatic N) is 1. The lowest BCUT2D eigenvalue weighted by Gasteiger charge is -2.28. The van der Waals surface area contributed by atoms with Gasteiger partial charge in [0.05, 0.1) is 0 Å². The van der Waals surface area contributed by atoms with Crippen molar-refractivity contribution in [1.29, 1.82) is 0 Å². The van der Waals surface area contributed by atoms with Crippen LogP contribution in [0, 0.1) is 0 Å². The van der Waals surface area contributed by atoms with E-state index in [4.69, 9.17) is 4.42 Å². The normalized spacial score (nSPS) is 12.7. The zero-order valence-electron chi connectivity index (χ0n) is 33.1. The van der Waals surface area contributed by atoms with Crippen molar-refractivity contribution in [3.8, 4) is 55.6 Å². The van der Waals surface area contributed by atoms with Gasteiger partial charge in [-0.25, -0.2) is 0 Å². The number of benzene rings is 9. The number of anilines is 3. The molecular weight excluding hydrogens is 715 g/mol. The van der Waals surface area contributed by atoms with Gasteiger partial charge in [-0.15, -0.1) is 0 Å². The highest BCUT2D eigenvalue weighted by atomic mass is 16.3. The lowest BCUT2D eigenvalue weighted by atomic mass is 9.81. The molecule has 0 radical (unpaired) electrons. The summed E-state index contributed by atoms with van der Waals surface area (Å²) in [6.07, 6.45) is 0. The Balaban J connectivity index is 1.02. The van der Waals surface area contributed by atoms with Crippen LogP contribution >= 0.6 is 0 Å². The summed E-state index contributed by atoms with van der Waals surface area (Å²) in [6, 6.07) is 76.8. The quantitative estimate of drug-likeness (QED) is 0.161. The number of hydrogen-bond donors (Lipinski definition) is 0. The molecule has 9 aromatic carbocycles. The van der Waals surface area contributed by atoms with Gasteiger partial charge in [-0.1, -0.05) is 178 Å². The van der Waals surface area contributed by atoms with E-state index in [-0.39, 0.29) is 5.41 Å². The average molecular weight is 756 g/mol. The SMILES string of the molecule is CC1(C)c2cc(-c3ccccc3)ccc2-c2ccc(N(c3ccc(-c4ccccc4-c4ccccc4)cc3)c3ccc(-c4cccc5c4oc4ccccc45)cc3)cc21. The van der Waals surface area contributed by atoms with Crippen LogP contribution in [0.3, 0.4) is 0 Å². The van der Waals surface area contributed by atoms with E-state index in [2.05, 4.69) is 219 Å². The Labute approximate surface area is 345 Å². The summed E-state index contributed by atoms with van der Waals surface area (Å²) in [5, 5.41) is 2.27. The predicted molar refractivity (Wildman–Crippen MR) is 248 cm³/mol. The van der Waals surface area contributed by atoms with Gasteiger partial charge in [0.1, 0.15) is 11.2 Å². The molecular formula is C57H41NO. The minimum atomic E-state index is -0.183. The molecule has 10 aromatic rings. The number of para-hydroxylation sites is 2. The van der Waals surface area contributed by atoms with E-state index in [1.807, 2.05) is 12.1 Å². The number of rotatable bonds is 7. The Kier molecular flexibility index (Phi) is 8.20. The molecule has 0 saturated carbocycles. The van der Waals surface area contributed by atoms with Crippen LogP contribution in [0.15, 0.2) is 217 Å². The van der Waals surface area contributed by atoms with Crippen molar-refractivity contribution in [2.24, 2.45) is 0 Å². The van der Waals surface area contributed by atoms with E-state index in [0.717, 1.165) is 50.1 Å². The molecule has 1 aromatic heterocycles. The standard InChI is InChI=1S/C57H41NO/c1-57(2)53-36-42(38-14-5-3-6-15-38)28-34-49(53)50-35-33-45(37-54(50)57)58(43-29-24-40(25-30-43)47-19-10-9-18-46(47)39-16-7-4-8-17-39)44-31-26-41(27-32-44)48-21-13-22-52-51-20-11-12-23-55(51)59-56(48)52/h3-37H,1-2H3. The molecule has 2 heteroatoms. The van der Waals surface area contributed by atoms with Crippen LogP contribution in [0.1, 0.15) is 25.0 Å². The molecule has 1 aliphatic rings. The minimum absolute atomic E-state index is 0.183. The highest BCUT2D eigenvalue weighted by molar-refractivity contribution is 6.09. The van der Waals surface area contributed by atoms with Gasteiger partial charge < -0.3 is 9.32 Å². The van der Waals surface area contributed by atoms with Crippen molar-refractivity contribution in [2.45, 2.75) is 19.3 Å². The third-order valence-corrected chi connectivity index (χ3v) is 12.3. The summed E-state index contributed by atoms with van der Waals surface area (Å²) >= 11 is 0. The molecule has 0 aliphatic heterocycles. The van der Waals surface area contributed by atoms with Gasteiger partial charge in [-0.2, -0.15) is 0 Å². The van der Waals surface area contributed by atoms with E-state index in [1.54, 1.807) is 0 Å². The fourth-order valence-corrected chi connectivity index (χ4v) is 9.28. The third kappa shape index (κ3) is 5.87. The fourth-order valence-electron chi connectivity index (χ4n) is 9.28. The minimum Gasteiger partial charge on any atom is -0.455 e. The van der Waals surface area contributed by atoms with Gasteiger partial charge >= 0.3 is 0 Å². The van der Waals surface area contributed by atoms with E-state index in [9.17, 15) is 0 Å². The summed E-state index contributed by atoms with van der Waals surface area (Å²) < 4.78 is 6.45. The molecule has 11 rings (SSSR count). The van der Waals surface area contributed by atoms with E-state index >= 15 is 0 Å². The number of fused-ring (bicyclic) bond motifs is 6. The van der Waals surface area contributed by atoms with E-state index < -0.39 is 0 Å². The van der Waals surface area contributed by atoms with E-state index in [1.165, 1.54) is 55.6 Å². The predicted octanol–water partition coefficient (Wildman–Crippen LogP) is 16.0. The summed E-state index contributed by atoms with van der Waals surface area (Å²) in [5.41, 5.74) is 19.8. The largest absolute Gasteiger partial charge is 0.455 e. The monoisotopic (exact) mass is 755 g/mol. The van der Waals surface area contributed by atoms with Crippen molar-refractivity contribution < 1.29 is 4.42 Å². The van der Waals surface area contributed by atoms with Crippen LogP contribution in [-0.4, -0.2) is 0 Å². The maximum absolute atomic E-state index is 6.45. The Hall–Kier alpha value is -7.42. The molecule has 0 unspecified atom stereocenters. The van der Waals surface area contributed by atoms with Crippen LogP contribution in [-0.2, 0) is 5.41 Å². The van der Waals surface area contributed by atoms with Crippen LogP contribution < -0.4 is 4.90 Å². The molecule has 0 fully saturated rings. The summed E-state index contributed by atoms with van der Waals surface area (Å²) in [4.78, 5) is 2.40. The lowest BCUT2D eigenvalue weighted by molar-refractivity contribution is 0.660. The van der Waals surface area contributed by atoms with Gasteiger partial charge in [0, 0.05) is 38.8 Å². The Morgan fingerprint density at radius 1 is 0.339 bits per heavy atom. The summed E-state index contributed by atoms with van der Waals surface area (Å²) in [6.45, 7) is 4.74. The van der Waals surface area contributed by atoms with Gasteiger partial charge in [-0.05, 0) is 110 Å². The van der Waals surface area contributed by atoms with Crippen LogP contribution in [0.2, 0.25) is 0 Å². The first-order valence-electron chi connectivity index (χ1n) is 20.4. The molecule has 0 atom stereocenters. The zero-order valence-corrected chi connectivity index (χ0v) is 33.1. The molecule has 1 aliphatic carbocycles. The summed E-state index contributed by atoms with van der Waals surface area (Å²) in [7, 11) is 0. The maximum Gasteiger partial charge on any atom is 0.143 e. The Bertz CT molecular complexity index is 3160. The van der Waals surface area contributed by atoms with Gasteiger partial charge in [-0.3, -0.25) is 0 Å². The van der Waals surface area contributed by atoms with Crippen molar-refractivity contribution in [1.82, 2.24) is 0 Å². The molecule has 0 N–H and O–H groups in total. The van der Waals surface area contributed by atoms with Crippen molar-refractivity contribution >= 4 is 39.0 Å². The fraction of sp³-hybridized carbons (Fsp3) is 0.0526. The van der Waals surface area contributed by atoms with Gasteiger partial charge in [0.2, 0.25) is 0 Å². The molecule has 2 nitrogen and oxygen atoms in total. The molecule has 0 bridgehead atoms. The topological polar surface area (TPSA) is 16.4 Å². The van der Waals surface area contributed by atoms with Crippen molar-refractivity contribution in [3.05, 3.63) is 223 Å². The lowest BCUT2D eigenvalue weighted by Crippen LogP contribution is -2.16. The first kappa shape index (κ1) is 34.8. The van der Waals surface area contributed by atoms with Crippen LogP contribution in [0.5, 0.6) is 0 Å². The third-order valence-electron chi connectivity index (χ3n) is 12.3. The van der Waals surface area contributed by atoms with E-state index in [0.29, 0.717) is 0 Å². The molecule has 0 spiro atoms. The molecule has 280 valence electrons. The summed E-state index contributed by atoms with van der Waals surface area (Å²) in [5.74, 6) is 0. The second-order valence-corrected chi connectivity index (χ2v) is 16.1. The van der Waals surface area contributed by atoms with Crippen molar-refractivity contribution in [3.63, 3.8) is 0 Å². The molecule has 0 amide bonds. The van der Waals surface area contributed by atoms with Crippen LogP contribution in [0.4, 0.5) is 17.1 Å². The number of furan rings is 1. The zero-order chi connectivity index (χ0) is 39.5. The number of hydrogen-bond acceptors (Lipinski definition) is 2. The highest BCUT2D eigenvalue weighted by Crippen LogP contribution is 2.52. The highest BCUT2D eigenvalue weighted by Gasteiger charge is 2.36. The van der Waals surface area contributed by atoms with Gasteiger partial charge in [0.25, 0.3) is 0 Å². The Morgan fingerprint density at radius 2 is 0.814 bits per heavy atom. The maximum atomic E-state index is 6.45. The van der Waals surface area contributed by atoms with Crippen LogP contribution in [0.25, 0.3) is 77.6 Å². The first-order valence-corrected chi connectivity index (χ1v) is 20.4. The van der Waals surface area contributed by atoms with Crippen molar-refractivity contribution in [2.75, 3.05) is 4.90 Å².